The second kappa shape index (κ2) is 6.03. The molecule has 0 fully saturated rings. The van der Waals surface area contributed by atoms with Crippen molar-refractivity contribution in [1.29, 1.82) is 0 Å². The third-order valence-electron chi connectivity index (χ3n) is 3.29. The summed E-state index contributed by atoms with van der Waals surface area (Å²) in [5.41, 5.74) is 2.30. The van der Waals surface area contributed by atoms with Gasteiger partial charge in [0.25, 0.3) is 0 Å². The first-order valence-electron chi connectivity index (χ1n) is 7.16. The Morgan fingerprint density at radius 3 is 2.57 bits per heavy atom. The lowest BCUT2D eigenvalue weighted by molar-refractivity contribution is 0.0689. The zero-order chi connectivity index (χ0) is 15.6. The zero-order valence-electron chi connectivity index (χ0n) is 12.8. The summed E-state index contributed by atoms with van der Waals surface area (Å²) in [7, 11) is 0. The van der Waals surface area contributed by atoms with Crippen molar-refractivity contribution in [2.45, 2.75) is 46.5 Å². The van der Waals surface area contributed by atoms with Crippen molar-refractivity contribution < 1.29 is 9.90 Å². The van der Waals surface area contributed by atoms with E-state index in [2.05, 4.69) is 15.1 Å². The Morgan fingerprint density at radius 1 is 1.33 bits per heavy atom. The monoisotopic (exact) mass is 288 g/mol. The zero-order valence-corrected chi connectivity index (χ0v) is 12.8. The van der Waals surface area contributed by atoms with E-state index in [0.717, 1.165) is 24.2 Å². The van der Waals surface area contributed by atoms with Crippen LogP contribution >= 0.6 is 0 Å². The molecule has 0 aliphatic carbocycles. The summed E-state index contributed by atoms with van der Waals surface area (Å²) in [6.07, 6.45) is 3.11. The van der Waals surface area contributed by atoms with Crippen molar-refractivity contribution in [2.24, 2.45) is 0 Å². The summed E-state index contributed by atoms with van der Waals surface area (Å²) >= 11 is 0. The van der Waals surface area contributed by atoms with Gasteiger partial charge in [0.2, 0.25) is 0 Å². The number of carboxylic acid groups (broad SMARTS) is 1. The van der Waals surface area contributed by atoms with Crippen LogP contribution in [0.5, 0.6) is 0 Å². The first kappa shape index (κ1) is 15.2. The summed E-state index contributed by atoms with van der Waals surface area (Å²) < 4.78 is 1.65. The number of rotatable bonds is 5. The van der Waals surface area contributed by atoms with Crippen LogP contribution in [0, 0.1) is 0 Å². The minimum Gasteiger partial charge on any atom is -0.476 e. The van der Waals surface area contributed by atoms with Crippen molar-refractivity contribution in [3.05, 3.63) is 35.2 Å². The number of hydrogen-bond donors (Lipinski definition) is 1. The fraction of sp³-hybridized carbons (Fsp3) is 0.467. The van der Waals surface area contributed by atoms with Gasteiger partial charge in [-0.05, 0) is 18.9 Å². The number of aromatic carboxylic acids is 1. The molecular formula is C15H20N4O2. The quantitative estimate of drug-likeness (QED) is 0.914. The maximum atomic E-state index is 11.5. The van der Waals surface area contributed by atoms with Crippen LogP contribution in [0.1, 0.15) is 61.3 Å². The number of hydrogen-bond acceptors (Lipinski definition) is 4. The third-order valence-corrected chi connectivity index (χ3v) is 3.29. The summed E-state index contributed by atoms with van der Waals surface area (Å²) in [6, 6.07) is 1.99. The Bertz CT molecular complexity index is 662. The third kappa shape index (κ3) is 2.94. The average molecular weight is 288 g/mol. The van der Waals surface area contributed by atoms with Gasteiger partial charge in [0.05, 0.1) is 11.9 Å². The molecule has 0 atom stereocenters. The van der Waals surface area contributed by atoms with Crippen molar-refractivity contribution in [3.8, 4) is 5.69 Å². The van der Waals surface area contributed by atoms with Gasteiger partial charge >= 0.3 is 5.97 Å². The van der Waals surface area contributed by atoms with Crippen molar-refractivity contribution in [1.82, 2.24) is 19.7 Å². The molecule has 0 bridgehead atoms. The number of aryl methyl sites for hydroxylation is 2. The van der Waals surface area contributed by atoms with Crippen LogP contribution in [0.3, 0.4) is 0 Å². The molecule has 6 nitrogen and oxygen atoms in total. The number of aromatic nitrogens is 4. The molecule has 2 rings (SSSR count). The first-order chi connectivity index (χ1) is 9.97. The predicted octanol–water partition coefficient (Wildman–Crippen LogP) is 2.61. The molecule has 2 heterocycles. The van der Waals surface area contributed by atoms with Crippen LogP contribution in [0.2, 0.25) is 0 Å². The largest absolute Gasteiger partial charge is 0.476 e. The first-order valence-corrected chi connectivity index (χ1v) is 7.16. The molecule has 0 saturated carbocycles. The lowest BCUT2D eigenvalue weighted by Crippen LogP contribution is -2.14. The van der Waals surface area contributed by atoms with E-state index in [1.807, 2.05) is 33.8 Å². The Morgan fingerprint density at radius 2 is 2.05 bits per heavy atom. The highest BCUT2D eigenvalue weighted by molar-refractivity contribution is 5.89. The summed E-state index contributed by atoms with van der Waals surface area (Å²) in [5.74, 6) is -0.464. The number of carbonyl (C=O) groups is 1. The van der Waals surface area contributed by atoms with Crippen LogP contribution in [-0.2, 0) is 12.8 Å². The molecule has 0 aliphatic heterocycles. The van der Waals surface area contributed by atoms with Crippen LogP contribution in [0.15, 0.2) is 12.3 Å². The lowest BCUT2D eigenvalue weighted by atomic mass is 10.2. The summed E-state index contributed by atoms with van der Waals surface area (Å²) in [6.45, 7) is 7.89. The fourth-order valence-corrected chi connectivity index (χ4v) is 2.09. The molecular weight excluding hydrogens is 268 g/mol. The normalized spacial score (nSPS) is 11.1. The molecule has 1 N–H and O–H groups in total. The molecule has 0 aromatic carbocycles. The van der Waals surface area contributed by atoms with Crippen LogP contribution in [-0.4, -0.2) is 30.8 Å². The van der Waals surface area contributed by atoms with Gasteiger partial charge in [0, 0.05) is 11.6 Å². The predicted molar refractivity (Wildman–Crippen MR) is 79.0 cm³/mol. The van der Waals surface area contributed by atoms with Gasteiger partial charge in [-0.25, -0.2) is 19.4 Å². The molecule has 0 saturated heterocycles. The van der Waals surface area contributed by atoms with Crippen LogP contribution < -0.4 is 0 Å². The van der Waals surface area contributed by atoms with E-state index in [-0.39, 0.29) is 11.6 Å². The average Bonchev–Trinajstić information content (AvgIpc) is 2.89. The van der Waals surface area contributed by atoms with Gasteiger partial charge in [-0.2, -0.15) is 5.10 Å². The van der Waals surface area contributed by atoms with E-state index in [4.69, 9.17) is 0 Å². The van der Waals surface area contributed by atoms with Gasteiger partial charge < -0.3 is 5.11 Å². The molecule has 2 aromatic rings. The van der Waals surface area contributed by atoms with E-state index < -0.39 is 5.97 Å². The van der Waals surface area contributed by atoms with Crippen molar-refractivity contribution in [2.75, 3.05) is 0 Å². The van der Waals surface area contributed by atoms with E-state index in [1.54, 1.807) is 10.9 Å². The molecule has 0 unspecified atom stereocenters. The molecule has 6 heteroatoms. The van der Waals surface area contributed by atoms with E-state index in [9.17, 15) is 9.90 Å². The molecule has 0 aliphatic rings. The number of nitrogens with zero attached hydrogens (tertiary/aromatic N) is 4. The molecule has 21 heavy (non-hydrogen) atoms. The Labute approximate surface area is 123 Å². The SMILES string of the molecule is CCc1cc(CC)n(-c2cnc(C(C)C)nc2C(=O)O)n1. The van der Waals surface area contributed by atoms with E-state index in [1.165, 1.54) is 0 Å². The highest BCUT2D eigenvalue weighted by atomic mass is 16.4. The smallest absolute Gasteiger partial charge is 0.356 e. The standard InChI is InChI=1S/C15H20N4O2/c1-5-10-7-11(6-2)19(18-10)12-8-16-14(9(3)4)17-13(12)15(20)21/h7-9H,5-6H2,1-4H3,(H,20,21). The molecule has 0 spiro atoms. The Hall–Kier alpha value is -2.24. The molecule has 112 valence electrons. The highest BCUT2D eigenvalue weighted by Gasteiger charge is 2.19. The van der Waals surface area contributed by atoms with Crippen molar-refractivity contribution >= 4 is 5.97 Å². The minimum atomic E-state index is -1.06. The maximum absolute atomic E-state index is 11.5. The van der Waals surface area contributed by atoms with E-state index in [0.29, 0.717) is 11.5 Å². The Balaban J connectivity index is 2.63. The highest BCUT2D eigenvalue weighted by Crippen LogP contribution is 2.19. The topological polar surface area (TPSA) is 80.9 Å². The van der Waals surface area contributed by atoms with Gasteiger partial charge in [-0.1, -0.05) is 27.7 Å². The van der Waals surface area contributed by atoms with E-state index >= 15 is 0 Å². The van der Waals surface area contributed by atoms with Crippen molar-refractivity contribution in [3.63, 3.8) is 0 Å². The summed E-state index contributed by atoms with van der Waals surface area (Å²) in [4.78, 5) is 20.0. The molecule has 2 aromatic heterocycles. The second-order valence-corrected chi connectivity index (χ2v) is 5.17. The van der Waals surface area contributed by atoms with Crippen LogP contribution in [0.25, 0.3) is 5.69 Å². The van der Waals surface area contributed by atoms with Gasteiger partial charge in [0.1, 0.15) is 11.5 Å². The maximum Gasteiger partial charge on any atom is 0.356 e. The van der Waals surface area contributed by atoms with Gasteiger partial charge in [-0.15, -0.1) is 0 Å². The molecule has 0 radical (unpaired) electrons. The second-order valence-electron chi connectivity index (χ2n) is 5.17. The van der Waals surface area contributed by atoms with Crippen LogP contribution in [0.4, 0.5) is 0 Å². The Kier molecular flexibility index (Phi) is 4.35. The van der Waals surface area contributed by atoms with Gasteiger partial charge in [0.15, 0.2) is 5.69 Å². The number of carboxylic acids is 1. The van der Waals surface area contributed by atoms with Gasteiger partial charge in [-0.3, -0.25) is 0 Å². The summed E-state index contributed by atoms with van der Waals surface area (Å²) in [5, 5.41) is 13.9. The fourth-order valence-electron chi connectivity index (χ4n) is 2.09. The lowest BCUT2D eigenvalue weighted by Gasteiger charge is -2.11. The molecule has 0 amide bonds. The minimum absolute atomic E-state index is 0.00541.